The van der Waals surface area contributed by atoms with Crippen LogP contribution < -0.4 is 5.35 Å². The molecule has 80 valence electrons. The molecule has 0 N–H and O–H groups in total. The zero-order chi connectivity index (χ0) is 11.4. The number of Topliss-reactive ketones (excluding diaryl/α,β-unsaturated/α-hetero) is 1. The second-order valence-electron chi connectivity index (χ2n) is 4.41. The molecule has 17 heavy (non-hydrogen) atoms. The van der Waals surface area contributed by atoms with Crippen molar-refractivity contribution in [2.24, 2.45) is 0 Å². The van der Waals surface area contributed by atoms with Gasteiger partial charge >= 0.3 is 0 Å². The second kappa shape index (κ2) is 2.92. The fraction of sp³-hybridized carbons (Fsp3) is 0.0667. The Kier molecular flexibility index (Phi) is 1.52. The van der Waals surface area contributed by atoms with E-state index in [1.807, 2.05) is 36.5 Å². The topological polar surface area (TPSA) is 30.0 Å². The summed E-state index contributed by atoms with van der Waals surface area (Å²) in [6, 6.07) is 10.1. The van der Waals surface area contributed by atoms with Gasteiger partial charge < -0.3 is 0 Å². The van der Waals surface area contributed by atoms with E-state index in [-0.39, 0.29) is 5.78 Å². The molecule has 1 heterocycles. The van der Waals surface area contributed by atoms with Gasteiger partial charge in [-0.15, -0.1) is 0 Å². The molecule has 0 bridgehead atoms. The van der Waals surface area contributed by atoms with Gasteiger partial charge in [0, 0.05) is 34.3 Å². The Morgan fingerprint density at radius 1 is 1.00 bits per heavy atom. The second-order valence-corrected chi connectivity index (χ2v) is 4.41. The van der Waals surface area contributed by atoms with Crippen molar-refractivity contribution in [3.63, 3.8) is 0 Å². The monoisotopic (exact) mass is 219 g/mol. The van der Waals surface area contributed by atoms with Crippen molar-refractivity contribution in [2.75, 3.05) is 0 Å². The van der Waals surface area contributed by atoms with Gasteiger partial charge in [-0.1, -0.05) is 36.4 Å². The zero-order valence-corrected chi connectivity index (χ0v) is 9.10. The lowest BCUT2D eigenvalue weighted by molar-refractivity contribution is 0.1000. The van der Waals surface area contributed by atoms with Gasteiger partial charge in [0.05, 0.1) is 5.35 Å². The summed E-state index contributed by atoms with van der Waals surface area (Å²) >= 11 is 0. The summed E-state index contributed by atoms with van der Waals surface area (Å²) in [6.45, 7) is 0. The molecule has 0 amide bonds. The van der Waals surface area contributed by atoms with E-state index in [1.54, 1.807) is 0 Å². The molecule has 4 rings (SSSR count). The van der Waals surface area contributed by atoms with Crippen LogP contribution in [0.15, 0.2) is 36.5 Å². The first-order valence-corrected chi connectivity index (χ1v) is 5.68. The molecule has 1 aromatic heterocycles. The average molecular weight is 219 g/mol. The molecular weight excluding hydrogens is 210 g/mol. The van der Waals surface area contributed by atoms with Crippen molar-refractivity contribution in [1.82, 2.24) is 4.98 Å². The van der Waals surface area contributed by atoms with Crippen LogP contribution in [0.3, 0.4) is 0 Å². The molecule has 0 spiro atoms. The molecular formula is C15H9NO. The van der Waals surface area contributed by atoms with Crippen LogP contribution in [0.4, 0.5) is 0 Å². The Balaban J connectivity index is 2.44. The highest BCUT2D eigenvalue weighted by molar-refractivity contribution is 6.20. The Hall–Kier alpha value is -2.22. The Morgan fingerprint density at radius 3 is 2.82 bits per heavy atom. The lowest BCUT2D eigenvalue weighted by atomic mass is 9.92. The molecule has 0 fully saturated rings. The van der Waals surface area contributed by atoms with Crippen LogP contribution in [0.5, 0.6) is 0 Å². The van der Waals surface area contributed by atoms with Crippen molar-refractivity contribution >= 4 is 33.4 Å². The quantitative estimate of drug-likeness (QED) is 0.581. The lowest BCUT2D eigenvalue weighted by Crippen LogP contribution is -2.17. The number of benzene rings is 2. The Labute approximate surface area is 97.6 Å². The van der Waals surface area contributed by atoms with Gasteiger partial charge in [0.25, 0.3) is 0 Å². The van der Waals surface area contributed by atoms with E-state index in [4.69, 9.17) is 0 Å². The normalized spacial score (nSPS) is 14.2. The van der Waals surface area contributed by atoms with Gasteiger partial charge in [-0.2, -0.15) is 0 Å². The first kappa shape index (κ1) is 8.88. The summed E-state index contributed by atoms with van der Waals surface area (Å²) in [5.74, 6) is 0.192. The Bertz CT molecular complexity index is 817. The van der Waals surface area contributed by atoms with Gasteiger partial charge in [-0.3, -0.25) is 9.78 Å². The van der Waals surface area contributed by atoms with Crippen LogP contribution in [0.2, 0.25) is 0 Å². The van der Waals surface area contributed by atoms with E-state index >= 15 is 0 Å². The number of hydrogen-bond donors (Lipinski definition) is 0. The number of ketones is 1. The summed E-state index contributed by atoms with van der Waals surface area (Å²) < 4.78 is 0. The standard InChI is InChI=1S/C15H9NO/c17-13-7-6-12-15-11(13)5-4-9-2-1-3-10(8-16-12)14(9)15/h1-6,8H,7H2. The van der Waals surface area contributed by atoms with Crippen molar-refractivity contribution in [3.05, 3.63) is 47.4 Å². The number of aromatic nitrogens is 1. The van der Waals surface area contributed by atoms with Crippen molar-refractivity contribution in [2.45, 2.75) is 6.42 Å². The minimum Gasteiger partial charge on any atom is -0.294 e. The third-order valence-corrected chi connectivity index (χ3v) is 3.46. The fourth-order valence-corrected chi connectivity index (χ4v) is 2.67. The maximum atomic E-state index is 11.9. The highest BCUT2D eigenvalue weighted by Gasteiger charge is 2.16. The molecule has 2 aromatic carbocycles. The van der Waals surface area contributed by atoms with Crippen LogP contribution in [0.25, 0.3) is 27.6 Å². The van der Waals surface area contributed by atoms with E-state index in [0.29, 0.717) is 6.42 Å². The van der Waals surface area contributed by atoms with Gasteiger partial charge in [0.2, 0.25) is 0 Å². The van der Waals surface area contributed by atoms with E-state index in [1.165, 1.54) is 10.8 Å². The molecule has 0 saturated carbocycles. The number of rotatable bonds is 0. The summed E-state index contributed by atoms with van der Waals surface area (Å²) in [6.07, 6.45) is 4.28. The summed E-state index contributed by atoms with van der Waals surface area (Å²) in [5, 5.41) is 5.42. The molecule has 1 aliphatic rings. The minimum absolute atomic E-state index is 0.192. The van der Waals surface area contributed by atoms with Gasteiger partial charge in [0.1, 0.15) is 0 Å². The van der Waals surface area contributed by atoms with Crippen LogP contribution in [0, 0.1) is 0 Å². The SMILES string of the molecule is O=C1CC=c2ncc3cccc4ccc1c2c43. The number of carbonyl (C=O) groups excluding carboxylic acids is 1. The third-order valence-electron chi connectivity index (χ3n) is 3.46. The molecule has 0 atom stereocenters. The maximum Gasteiger partial charge on any atom is 0.167 e. The first-order chi connectivity index (χ1) is 8.34. The van der Waals surface area contributed by atoms with Gasteiger partial charge in [-0.05, 0) is 5.39 Å². The Morgan fingerprint density at radius 2 is 1.88 bits per heavy atom. The average Bonchev–Trinajstić information content (AvgIpc) is 2.38. The van der Waals surface area contributed by atoms with Crippen molar-refractivity contribution in [1.29, 1.82) is 0 Å². The predicted molar refractivity (Wildman–Crippen MR) is 67.9 cm³/mol. The summed E-state index contributed by atoms with van der Waals surface area (Å²) in [7, 11) is 0. The number of carbonyl (C=O) groups is 1. The number of pyridine rings is 1. The van der Waals surface area contributed by atoms with Gasteiger partial charge in [0.15, 0.2) is 5.78 Å². The highest BCUT2D eigenvalue weighted by atomic mass is 16.1. The molecule has 2 nitrogen and oxygen atoms in total. The van der Waals surface area contributed by atoms with Crippen LogP contribution >= 0.6 is 0 Å². The fourth-order valence-electron chi connectivity index (χ4n) is 2.67. The smallest absolute Gasteiger partial charge is 0.167 e. The molecule has 2 heteroatoms. The summed E-state index contributed by atoms with van der Waals surface area (Å²) in [5.41, 5.74) is 0.819. The number of nitrogens with zero attached hydrogens (tertiary/aromatic N) is 1. The van der Waals surface area contributed by atoms with Crippen molar-refractivity contribution in [3.8, 4) is 0 Å². The van der Waals surface area contributed by atoms with E-state index in [9.17, 15) is 4.79 Å². The molecule has 0 aliphatic heterocycles. The van der Waals surface area contributed by atoms with Crippen LogP contribution in [-0.2, 0) is 0 Å². The zero-order valence-electron chi connectivity index (χ0n) is 9.10. The molecule has 0 saturated heterocycles. The molecule has 0 radical (unpaired) electrons. The van der Waals surface area contributed by atoms with Crippen LogP contribution in [-0.4, -0.2) is 10.8 Å². The van der Waals surface area contributed by atoms with Gasteiger partial charge in [-0.25, -0.2) is 0 Å². The summed E-state index contributed by atoms with van der Waals surface area (Å²) in [4.78, 5) is 16.4. The number of hydrogen-bond acceptors (Lipinski definition) is 2. The highest BCUT2D eigenvalue weighted by Crippen LogP contribution is 2.28. The van der Waals surface area contributed by atoms with Crippen molar-refractivity contribution < 1.29 is 4.79 Å². The first-order valence-electron chi connectivity index (χ1n) is 5.68. The van der Waals surface area contributed by atoms with Crippen LogP contribution in [0.1, 0.15) is 16.8 Å². The lowest BCUT2D eigenvalue weighted by Gasteiger charge is -2.12. The van der Waals surface area contributed by atoms with E-state index in [2.05, 4.69) is 11.1 Å². The maximum absolute atomic E-state index is 11.9. The molecule has 3 aromatic rings. The minimum atomic E-state index is 0.192. The molecule has 0 unspecified atom stereocenters. The van der Waals surface area contributed by atoms with E-state index < -0.39 is 0 Å². The van der Waals surface area contributed by atoms with E-state index in [0.717, 1.165) is 21.7 Å². The molecule has 1 aliphatic carbocycles. The third kappa shape index (κ3) is 1.04. The predicted octanol–water partition coefficient (Wildman–Crippen LogP) is 2.47. The largest absolute Gasteiger partial charge is 0.294 e.